The van der Waals surface area contributed by atoms with Crippen LogP contribution in [0, 0.1) is 28.4 Å². The van der Waals surface area contributed by atoms with Crippen molar-refractivity contribution in [1.82, 2.24) is 0 Å². The van der Waals surface area contributed by atoms with E-state index in [0.717, 1.165) is 48.8 Å². The lowest BCUT2D eigenvalue weighted by Gasteiger charge is -2.28. The predicted octanol–water partition coefficient (Wildman–Crippen LogP) is 4.75. The van der Waals surface area contributed by atoms with Crippen molar-refractivity contribution in [2.75, 3.05) is 0 Å². The molecule has 122 valence electrons. The van der Waals surface area contributed by atoms with Crippen molar-refractivity contribution in [3.63, 3.8) is 0 Å². The fraction of sp³-hybridized carbons (Fsp3) is 0.526. The molecule has 0 radical (unpaired) electrons. The summed E-state index contributed by atoms with van der Waals surface area (Å²) in [4.78, 5) is 11.9. The average Bonchev–Trinajstić information content (AvgIpc) is 2.82. The van der Waals surface area contributed by atoms with Crippen molar-refractivity contribution in [2.24, 2.45) is 0 Å². The van der Waals surface area contributed by atoms with E-state index in [1.54, 1.807) is 0 Å². The largest absolute Gasteiger partial charge is 0.264 e. The van der Waals surface area contributed by atoms with E-state index in [9.17, 15) is 10.1 Å². The van der Waals surface area contributed by atoms with Crippen LogP contribution in [-0.4, -0.2) is 10.5 Å². The van der Waals surface area contributed by atoms with Crippen molar-refractivity contribution in [3.05, 3.63) is 57.2 Å². The summed E-state index contributed by atoms with van der Waals surface area (Å²) in [7, 11) is 0. The number of benzene rings is 1. The zero-order valence-electron chi connectivity index (χ0n) is 13.8. The monoisotopic (exact) mass is 312 g/mol. The number of allylic oxidation sites excluding steroid dienone is 1. The molecule has 1 unspecified atom stereocenters. The topological polar surface area (TPSA) is 66.9 Å². The fourth-order valence-electron chi connectivity index (χ4n) is 3.38. The third kappa shape index (κ3) is 4.19. The van der Waals surface area contributed by atoms with Gasteiger partial charge in [0.2, 0.25) is 5.54 Å². The van der Waals surface area contributed by atoms with E-state index in [-0.39, 0.29) is 17.8 Å². The fourth-order valence-corrected chi connectivity index (χ4v) is 3.38. The third-order valence-electron chi connectivity index (χ3n) is 4.76. The van der Waals surface area contributed by atoms with Crippen LogP contribution in [0.2, 0.25) is 0 Å². The highest BCUT2D eigenvalue weighted by Gasteiger charge is 2.45. The minimum absolute atomic E-state index is 0.138. The maximum absolute atomic E-state index is 12.1. The molecule has 0 aliphatic heterocycles. The summed E-state index contributed by atoms with van der Waals surface area (Å²) in [5.74, 6) is 0. The van der Waals surface area contributed by atoms with Gasteiger partial charge in [-0.2, -0.15) is 5.26 Å². The standard InChI is InChI=1S/C19H24N2O2/c1-16-9-11-17(12-10-16)15-19(21(22)23,13-6-14-20)18-7-4-2-3-5-8-18/h7,9-12H,2-6,8,13,15H2,1H3. The number of nitriles is 1. The number of aryl methyl sites for hydroxylation is 1. The summed E-state index contributed by atoms with van der Waals surface area (Å²) in [5, 5.41) is 21.0. The van der Waals surface area contributed by atoms with Gasteiger partial charge < -0.3 is 0 Å². The Morgan fingerprint density at radius 1 is 1.26 bits per heavy atom. The lowest BCUT2D eigenvalue weighted by molar-refractivity contribution is -0.559. The van der Waals surface area contributed by atoms with E-state index in [1.807, 2.05) is 31.2 Å². The minimum Gasteiger partial charge on any atom is -0.264 e. The Morgan fingerprint density at radius 3 is 2.65 bits per heavy atom. The second-order valence-electron chi connectivity index (χ2n) is 6.44. The normalized spacial score (nSPS) is 17.5. The van der Waals surface area contributed by atoms with Crippen molar-refractivity contribution in [3.8, 4) is 6.07 Å². The molecule has 0 heterocycles. The van der Waals surface area contributed by atoms with Crippen molar-refractivity contribution in [2.45, 2.75) is 63.8 Å². The summed E-state index contributed by atoms with van der Waals surface area (Å²) in [6.45, 7) is 2.01. The first-order valence-corrected chi connectivity index (χ1v) is 8.35. The summed E-state index contributed by atoms with van der Waals surface area (Å²) in [6.07, 6.45) is 7.84. The van der Waals surface area contributed by atoms with Crippen LogP contribution in [0.3, 0.4) is 0 Å². The van der Waals surface area contributed by atoms with Crippen LogP contribution in [0.5, 0.6) is 0 Å². The molecule has 1 aromatic rings. The zero-order chi connectivity index (χ0) is 16.7. The van der Waals surface area contributed by atoms with Crippen LogP contribution in [0.4, 0.5) is 0 Å². The molecule has 0 saturated heterocycles. The van der Waals surface area contributed by atoms with Gasteiger partial charge in [-0.25, -0.2) is 0 Å². The van der Waals surface area contributed by atoms with Gasteiger partial charge in [0.25, 0.3) is 0 Å². The first-order valence-electron chi connectivity index (χ1n) is 8.35. The lowest BCUT2D eigenvalue weighted by atomic mass is 9.78. The number of hydrogen-bond acceptors (Lipinski definition) is 3. The number of rotatable bonds is 6. The maximum atomic E-state index is 12.1. The molecule has 2 rings (SSSR count). The van der Waals surface area contributed by atoms with Crippen LogP contribution < -0.4 is 0 Å². The van der Waals surface area contributed by atoms with Gasteiger partial charge in [-0.05, 0) is 38.2 Å². The molecule has 1 atom stereocenters. The molecular weight excluding hydrogens is 288 g/mol. The van der Waals surface area contributed by atoms with Crippen LogP contribution in [0.25, 0.3) is 0 Å². The molecule has 0 saturated carbocycles. The highest BCUT2D eigenvalue weighted by molar-refractivity contribution is 5.28. The van der Waals surface area contributed by atoms with Gasteiger partial charge in [-0.3, -0.25) is 10.1 Å². The minimum atomic E-state index is -1.13. The highest BCUT2D eigenvalue weighted by Crippen LogP contribution is 2.36. The van der Waals surface area contributed by atoms with E-state index >= 15 is 0 Å². The highest BCUT2D eigenvalue weighted by atomic mass is 16.6. The Hall–Kier alpha value is -2.15. The predicted molar refractivity (Wildman–Crippen MR) is 90.6 cm³/mol. The molecular formula is C19H24N2O2. The molecule has 4 heteroatoms. The van der Waals surface area contributed by atoms with Crippen molar-refractivity contribution < 1.29 is 4.92 Å². The molecule has 0 fully saturated rings. The van der Waals surface area contributed by atoms with Gasteiger partial charge in [-0.15, -0.1) is 0 Å². The Morgan fingerprint density at radius 2 is 2.00 bits per heavy atom. The summed E-state index contributed by atoms with van der Waals surface area (Å²) in [6, 6.07) is 10.0. The molecule has 0 spiro atoms. The molecule has 0 bridgehead atoms. The van der Waals surface area contributed by atoms with Crippen LogP contribution in [0.1, 0.15) is 56.1 Å². The smallest absolute Gasteiger partial charge is 0.248 e. The second-order valence-corrected chi connectivity index (χ2v) is 6.44. The lowest BCUT2D eigenvalue weighted by Crippen LogP contribution is -2.42. The molecule has 1 aromatic carbocycles. The second kappa shape index (κ2) is 7.92. The third-order valence-corrected chi connectivity index (χ3v) is 4.76. The van der Waals surface area contributed by atoms with Gasteiger partial charge in [0.05, 0.1) is 6.07 Å². The summed E-state index contributed by atoms with van der Waals surface area (Å²) in [5.41, 5.74) is 1.91. The van der Waals surface area contributed by atoms with Crippen molar-refractivity contribution in [1.29, 1.82) is 5.26 Å². The van der Waals surface area contributed by atoms with E-state index in [0.29, 0.717) is 6.42 Å². The molecule has 0 N–H and O–H groups in total. The molecule has 1 aliphatic carbocycles. The Labute approximate surface area is 138 Å². The van der Waals surface area contributed by atoms with Crippen LogP contribution in [0.15, 0.2) is 35.9 Å². The van der Waals surface area contributed by atoms with Gasteiger partial charge in [0.15, 0.2) is 0 Å². The van der Waals surface area contributed by atoms with Gasteiger partial charge in [0, 0.05) is 29.8 Å². The Balaban J connectivity index is 2.39. The molecule has 23 heavy (non-hydrogen) atoms. The van der Waals surface area contributed by atoms with E-state index < -0.39 is 5.54 Å². The van der Waals surface area contributed by atoms with Crippen LogP contribution >= 0.6 is 0 Å². The first kappa shape index (κ1) is 17.2. The zero-order valence-corrected chi connectivity index (χ0v) is 13.8. The number of nitro groups is 1. The van der Waals surface area contributed by atoms with E-state index in [1.165, 1.54) is 0 Å². The molecule has 0 aromatic heterocycles. The Kier molecular flexibility index (Phi) is 5.92. The maximum Gasteiger partial charge on any atom is 0.248 e. The first-order chi connectivity index (χ1) is 11.1. The average molecular weight is 312 g/mol. The SMILES string of the molecule is Cc1ccc(CC(CCC#N)(C2=CCCCCC2)[N+](=O)[O-])cc1. The van der Waals surface area contributed by atoms with Gasteiger partial charge >= 0.3 is 0 Å². The quantitative estimate of drug-likeness (QED) is 0.432. The summed E-state index contributed by atoms with van der Waals surface area (Å²) >= 11 is 0. The van der Waals surface area contributed by atoms with E-state index in [2.05, 4.69) is 12.1 Å². The van der Waals surface area contributed by atoms with Crippen molar-refractivity contribution >= 4 is 0 Å². The molecule has 1 aliphatic rings. The van der Waals surface area contributed by atoms with E-state index in [4.69, 9.17) is 5.26 Å². The van der Waals surface area contributed by atoms with Gasteiger partial charge in [-0.1, -0.05) is 42.3 Å². The summed E-state index contributed by atoms with van der Waals surface area (Å²) < 4.78 is 0. The van der Waals surface area contributed by atoms with Crippen LogP contribution in [-0.2, 0) is 6.42 Å². The number of nitrogens with zero attached hydrogens (tertiary/aromatic N) is 2. The number of hydrogen-bond donors (Lipinski definition) is 0. The van der Waals surface area contributed by atoms with Gasteiger partial charge in [0.1, 0.15) is 0 Å². The molecule has 4 nitrogen and oxygen atoms in total. The Bertz CT molecular complexity index is 613. The molecule has 0 amide bonds.